The van der Waals surface area contributed by atoms with E-state index in [1.165, 1.54) is 16.4 Å². The van der Waals surface area contributed by atoms with Crippen molar-refractivity contribution in [2.45, 2.75) is 34.8 Å². The maximum Gasteiger partial charge on any atom is 0.243 e. The average molecular weight is 410 g/mol. The van der Waals surface area contributed by atoms with Crippen molar-refractivity contribution < 1.29 is 21.6 Å². The first-order valence-corrected chi connectivity index (χ1v) is 11.9. The van der Waals surface area contributed by atoms with E-state index in [2.05, 4.69) is 0 Å². The zero-order valence-corrected chi connectivity index (χ0v) is 16.7. The zero-order chi connectivity index (χ0) is 19.5. The third-order valence-electron chi connectivity index (χ3n) is 4.55. The average Bonchev–Trinajstić information content (AvgIpc) is 3.19. The number of nitrogens with zero attached hydrogens (tertiary/aromatic N) is 1. The second-order valence-electron chi connectivity index (χ2n) is 6.45. The molecule has 27 heavy (non-hydrogen) atoms. The van der Waals surface area contributed by atoms with E-state index in [4.69, 9.17) is 4.74 Å². The first kappa shape index (κ1) is 19.9. The number of hydrogen-bond donors (Lipinski definition) is 0. The molecule has 3 rings (SSSR count). The van der Waals surface area contributed by atoms with Crippen LogP contribution in [-0.2, 0) is 19.9 Å². The van der Waals surface area contributed by atoms with Gasteiger partial charge in [0.05, 0.1) is 21.6 Å². The molecule has 2 aromatic carbocycles. The van der Waals surface area contributed by atoms with Crippen molar-refractivity contribution in [3.8, 4) is 5.75 Å². The Morgan fingerprint density at radius 1 is 0.963 bits per heavy atom. The van der Waals surface area contributed by atoms with Gasteiger partial charge in [-0.05, 0) is 49.2 Å². The van der Waals surface area contributed by atoms with Crippen LogP contribution in [0.25, 0.3) is 0 Å². The number of benzene rings is 2. The summed E-state index contributed by atoms with van der Waals surface area (Å²) in [6.07, 6.45) is 1.15. The van der Waals surface area contributed by atoms with Crippen LogP contribution in [0.1, 0.15) is 19.8 Å². The fourth-order valence-electron chi connectivity index (χ4n) is 3.05. The first-order chi connectivity index (χ1) is 12.9. The lowest BCUT2D eigenvalue weighted by molar-refractivity contribution is 0.317. The summed E-state index contributed by atoms with van der Waals surface area (Å²) >= 11 is 0. The van der Waals surface area contributed by atoms with Crippen molar-refractivity contribution in [1.82, 2.24) is 4.31 Å². The van der Waals surface area contributed by atoms with Gasteiger partial charge in [-0.25, -0.2) is 16.8 Å². The minimum absolute atomic E-state index is 0.0341. The van der Waals surface area contributed by atoms with Crippen LogP contribution in [-0.4, -0.2) is 46.1 Å². The predicted molar refractivity (Wildman–Crippen MR) is 103 cm³/mol. The van der Waals surface area contributed by atoms with Gasteiger partial charge in [0.15, 0.2) is 9.84 Å². The molecule has 1 atom stereocenters. The molecular weight excluding hydrogens is 386 g/mol. The summed E-state index contributed by atoms with van der Waals surface area (Å²) in [6, 6.07) is 14.4. The van der Waals surface area contributed by atoms with Crippen LogP contribution in [0.4, 0.5) is 0 Å². The molecule has 1 unspecified atom stereocenters. The van der Waals surface area contributed by atoms with Crippen LogP contribution in [0, 0.1) is 0 Å². The normalized spacial score (nSPS) is 18.5. The molecule has 0 aromatic heterocycles. The smallest absolute Gasteiger partial charge is 0.243 e. The molecule has 0 N–H and O–H groups in total. The largest absolute Gasteiger partial charge is 0.494 e. The second kappa shape index (κ2) is 8.00. The quantitative estimate of drug-likeness (QED) is 0.702. The summed E-state index contributed by atoms with van der Waals surface area (Å²) in [4.78, 5) is 0.371. The van der Waals surface area contributed by atoms with Gasteiger partial charge in [-0.2, -0.15) is 4.31 Å². The Labute approximate surface area is 160 Å². The molecule has 0 spiro atoms. The summed E-state index contributed by atoms with van der Waals surface area (Å²) < 4.78 is 57.9. The Morgan fingerprint density at radius 3 is 2.26 bits per heavy atom. The molecular formula is C19H23NO5S2. The van der Waals surface area contributed by atoms with Gasteiger partial charge in [0.2, 0.25) is 10.0 Å². The number of sulfonamides is 1. The molecule has 6 nitrogen and oxygen atoms in total. The monoisotopic (exact) mass is 409 g/mol. The Morgan fingerprint density at radius 2 is 1.63 bits per heavy atom. The third-order valence-corrected chi connectivity index (χ3v) is 8.62. The predicted octanol–water partition coefficient (Wildman–Crippen LogP) is 2.71. The van der Waals surface area contributed by atoms with Gasteiger partial charge < -0.3 is 4.74 Å². The summed E-state index contributed by atoms with van der Waals surface area (Å²) in [5, 5.41) is -0.734. The topological polar surface area (TPSA) is 80.8 Å². The Bertz CT molecular complexity index is 971. The highest BCUT2D eigenvalue weighted by atomic mass is 32.2. The Balaban J connectivity index is 1.76. The SMILES string of the molecule is CCCOc1ccc(S(=O)(=O)N2CCC(S(=O)(=O)c3ccccc3)C2)cc1. The molecule has 0 radical (unpaired) electrons. The lowest BCUT2D eigenvalue weighted by Crippen LogP contribution is -2.32. The maximum atomic E-state index is 12.9. The van der Waals surface area contributed by atoms with Crippen LogP contribution in [0.2, 0.25) is 0 Å². The highest BCUT2D eigenvalue weighted by Gasteiger charge is 2.39. The number of rotatable bonds is 7. The van der Waals surface area contributed by atoms with Crippen molar-refractivity contribution in [2.24, 2.45) is 0 Å². The summed E-state index contributed by atoms with van der Waals surface area (Å²) in [5.41, 5.74) is 0. The molecule has 1 fully saturated rings. The second-order valence-corrected chi connectivity index (χ2v) is 10.6. The van der Waals surface area contributed by atoms with Gasteiger partial charge in [0, 0.05) is 13.1 Å². The van der Waals surface area contributed by atoms with Crippen molar-refractivity contribution in [1.29, 1.82) is 0 Å². The lowest BCUT2D eigenvalue weighted by atomic mass is 10.3. The third kappa shape index (κ3) is 4.17. The van der Waals surface area contributed by atoms with E-state index in [-0.39, 0.29) is 29.3 Å². The highest BCUT2D eigenvalue weighted by molar-refractivity contribution is 7.92. The molecule has 1 aliphatic rings. The molecule has 0 saturated carbocycles. The molecule has 0 bridgehead atoms. The van der Waals surface area contributed by atoms with Crippen LogP contribution in [0.15, 0.2) is 64.4 Å². The Kier molecular flexibility index (Phi) is 5.88. The molecule has 2 aromatic rings. The summed E-state index contributed by atoms with van der Waals surface area (Å²) in [5.74, 6) is 0.613. The number of sulfone groups is 1. The minimum atomic E-state index is -3.74. The maximum absolute atomic E-state index is 12.9. The van der Waals surface area contributed by atoms with E-state index in [0.717, 1.165) is 6.42 Å². The van der Waals surface area contributed by atoms with E-state index in [1.807, 2.05) is 6.92 Å². The number of ether oxygens (including phenoxy) is 1. The molecule has 8 heteroatoms. The lowest BCUT2D eigenvalue weighted by Gasteiger charge is -2.17. The van der Waals surface area contributed by atoms with Crippen molar-refractivity contribution in [2.75, 3.05) is 19.7 Å². The Hall–Kier alpha value is -1.90. The van der Waals surface area contributed by atoms with Crippen molar-refractivity contribution >= 4 is 19.9 Å². The molecule has 1 saturated heterocycles. The fraction of sp³-hybridized carbons (Fsp3) is 0.368. The minimum Gasteiger partial charge on any atom is -0.494 e. The zero-order valence-electron chi connectivity index (χ0n) is 15.1. The molecule has 0 aliphatic carbocycles. The molecule has 1 aliphatic heterocycles. The van der Waals surface area contributed by atoms with Gasteiger partial charge >= 0.3 is 0 Å². The first-order valence-electron chi connectivity index (χ1n) is 8.87. The van der Waals surface area contributed by atoms with Crippen LogP contribution in [0.3, 0.4) is 0 Å². The molecule has 1 heterocycles. The highest BCUT2D eigenvalue weighted by Crippen LogP contribution is 2.28. The van der Waals surface area contributed by atoms with Crippen molar-refractivity contribution in [3.05, 3.63) is 54.6 Å². The van der Waals surface area contributed by atoms with E-state index in [1.54, 1.807) is 42.5 Å². The van der Waals surface area contributed by atoms with E-state index >= 15 is 0 Å². The summed E-state index contributed by atoms with van der Waals surface area (Å²) in [7, 11) is -7.30. The summed E-state index contributed by atoms with van der Waals surface area (Å²) in [6.45, 7) is 2.71. The van der Waals surface area contributed by atoms with Gasteiger partial charge in [0.1, 0.15) is 5.75 Å². The fourth-order valence-corrected chi connectivity index (χ4v) is 6.36. The van der Waals surface area contributed by atoms with Crippen LogP contribution >= 0.6 is 0 Å². The van der Waals surface area contributed by atoms with Gasteiger partial charge in [0.25, 0.3) is 0 Å². The number of hydrogen-bond acceptors (Lipinski definition) is 5. The standard InChI is InChI=1S/C19H23NO5S2/c1-2-14-25-16-8-10-18(11-9-16)27(23,24)20-13-12-19(15-20)26(21,22)17-6-4-3-5-7-17/h3-11,19H,2,12-15H2,1H3. The van der Waals surface area contributed by atoms with Gasteiger partial charge in [-0.3, -0.25) is 0 Å². The van der Waals surface area contributed by atoms with E-state index < -0.39 is 25.1 Å². The van der Waals surface area contributed by atoms with Crippen molar-refractivity contribution in [3.63, 3.8) is 0 Å². The molecule has 146 valence electrons. The van der Waals surface area contributed by atoms with E-state index in [9.17, 15) is 16.8 Å². The van der Waals surface area contributed by atoms with Gasteiger partial charge in [-0.1, -0.05) is 25.1 Å². The van der Waals surface area contributed by atoms with E-state index in [0.29, 0.717) is 12.4 Å². The van der Waals surface area contributed by atoms with Crippen LogP contribution in [0.5, 0.6) is 5.75 Å². The van der Waals surface area contributed by atoms with Crippen LogP contribution < -0.4 is 4.74 Å². The molecule has 0 amide bonds. The van der Waals surface area contributed by atoms with Gasteiger partial charge in [-0.15, -0.1) is 0 Å².